The van der Waals surface area contributed by atoms with Gasteiger partial charge < -0.3 is 10.5 Å². The summed E-state index contributed by atoms with van der Waals surface area (Å²) in [4.78, 5) is 0.236. The van der Waals surface area contributed by atoms with E-state index in [1.165, 1.54) is 10.4 Å². The van der Waals surface area contributed by atoms with Crippen molar-refractivity contribution in [1.82, 2.24) is 4.31 Å². The highest BCUT2D eigenvalue weighted by Crippen LogP contribution is 2.27. The number of nitrogens with two attached hydrogens (primary N) is 1. The Balaban J connectivity index is 2.16. The van der Waals surface area contributed by atoms with Crippen molar-refractivity contribution in [3.63, 3.8) is 0 Å². The predicted molar refractivity (Wildman–Crippen MR) is 86.6 cm³/mol. The maximum absolute atomic E-state index is 12.7. The van der Waals surface area contributed by atoms with Crippen LogP contribution in [0.5, 0.6) is 0 Å². The topological polar surface area (TPSA) is 72.6 Å². The number of nitrogens with zero attached hydrogens (tertiary/aromatic N) is 1. The lowest BCUT2D eigenvalue weighted by Crippen LogP contribution is -2.43. The van der Waals surface area contributed by atoms with Crippen LogP contribution in [-0.2, 0) is 14.8 Å². The molecule has 0 aliphatic carbocycles. The molecule has 0 bridgehead atoms. The molecule has 1 fully saturated rings. The van der Waals surface area contributed by atoms with Gasteiger partial charge in [0.25, 0.3) is 0 Å². The van der Waals surface area contributed by atoms with Crippen LogP contribution >= 0.6 is 15.9 Å². The maximum atomic E-state index is 12.7. The van der Waals surface area contributed by atoms with E-state index in [4.69, 9.17) is 10.5 Å². The number of ether oxygens (including phenoxy) is 1. The first-order valence-corrected chi connectivity index (χ1v) is 9.35. The minimum atomic E-state index is -3.51. The van der Waals surface area contributed by atoms with Crippen molar-refractivity contribution in [1.29, 1.82) is 0 Å². The third-order valence-corrected chi connectivity index (χ3v) is 6.09. The van der Waals surface area contributed by atoms with Crippen LogP contribution in [0.1, 0.15) is 26.2 Å². The third-order valence-electron chi connectivity index (χ3n) is 3.50. The van der Waals surface area contributed by atoms with Gasteiger partial charge in [0.2, 0.25) is 10.0 Å². The van der Waals surface area contributed by atoms with Gasteiger partial charge in [0, 0.05) is 29.9 Å². The van der Waals surface area contributed by atoms with E-state index >= 15 is 0 Å². The largest absolute Gasteiger partial charge is 0.398 e. The molecule has 1 aromatic carbocycles. The number of piperidine rings is 1. The van der Waals surface area contributed by atoms with Crippen LogP contribution in [0.15, 0.2) is 27.6 Å². The molecule has 1 aliphatic rings. The van der Waals surface area contributed by atoms with Gasteiger partial charge in [0.15, 0.2) is 0 Å². The summed E-state index contributed by atoms with van der Waals surface area (Å²) >= 11 is 3.28. The first-order valence-electron chi connectivity index (χ1n) is 7.12. The standard InChI is InChI=1S/C14H21BrN2O3S/c1-2-8-20-11-4-3-7-17(10-11)21(18,19)12-5-6-13(15)14(16)9-12/h5-6,9,11H,2-4,7-8,10,16H2,1H3. The van der Waals surface area contributed by atoms with E-state index in [0.29, 0.717) is 29.9 Å². The lowest BCUT2D eigenvalue weighted by Gasteiger charge is -2.31. The molecule has 1 aromatic rings. The SMILES string of the molecule is CCCOC1CCCN(S(=O)(=O)c2ccc(Br)c(N)c2)C1. The summed E-state index contributed by atoms with van der Waals surface area (Å²) in [5, 5.41) is 0. The van der Waals surface area contributed by atoms with E-state index in [-0.39, 0.29) is 11.0 Å². The van der Waals surface area contributed by atoms with Gasteiger partial charge in [-0.05, 0) is 53.4 Å². The highest BCUT2D eigenvalue weighted by atomic mass is 79.9. The van der Waals surface area contributed by atoms with Gasteiger partial charge in [-0.2, -0.15) is 4.31 Å². The van der Waals surface area contributed by atoms with E-state index < -0.39 is 10.0 Å². The van der Waals surface area contributed by atoms with E-state index in [1.807, 2.05) is 6.92 Å². The van der Waals surface area contributed by atoms with Gasteiger partial charge in [-0.15, -0.1) is 0 Å². The molecule has 0 amide bonds. The van der Waals surface area contributed by atoms with Crippen LogP contribution in [0.25, 0.3) is 0 Å². The summed E-state index contributed by atoms with van der Waals surface area (Å²) < 4.78 is 33.2. The molecule has 0 radical (unpaired) electrons. The monoisotopic (exact) mass is 376 g/mol. The second-order valence-corrected chi connectivity index (χ2v) is 7.97. The minimum absolute atomic E-state index is 0.0127. The van der Waals surface area contributed by atoms with Crippen molar-refractivity contribution in [3.05, 3.63) is 22.7 Å². The number of sulfonamides is 1. The van der Waals surface area contributed by atoms with Crippen molar-refractivity contribution in [2.75, 3.05) is 25.4 Å². The Bertz CT molecular complexity index is 592. The number of benzene rings is 1. The summed E-state index contributed by atoms with van der Waals surface area (Å²) in [5.74, 6) is 0. The molecule has 1 aliphatic heterocycles. The van der Waals surface area contributed by atoms with Crippen LogP contribution in [0, 0.1) is 0 Å². The zero-order valence-corrected chi connectivity index (χ0v) is 14.5. The molecular weight excluding hydrogens is 356 g/mol. The average Bonchev–Trinajstić information content (AvgIpc) is 2.48. The average molecular weight is 377 g/mol. The van der Waals surface area contributed by atoms with Gasteiger partial charge >= 0.3 is 0 Å². The van der Waals surface area contributed by atoms with Gasteiger partial charge in [-0.25, -0.2) is 8.42 Å². The molecule has 1 heterocycles. The lowest BCUT2D eigenvalue weighted by atomic mass is 10.1. The molecule has 2 rings (SSSR count). The van der Waals surface area contributed by atoms with E-state index in [1.54, 1.807) is 12.1 Å². The Morgan fingerprint density at radius 1 is 1.48 bits per heavy atom. The fourth-order valence-corrected chi connectivity index (χ4v) is 4.17. The number of anilines is 1. The molecular formula is C14H21BrN2O3S. The van der Waals surface area contributed by atoms with Gasteiger partial charge in [0.1, 0.15) is 0 Å². The van der Waals surface area contributed by atoms with Crippen molar-refractivity contribution < 1.29 is 13.2 Å². The normalized spacial score (nSPS) is 20.6. The number of rotatable bonds is 5. The van der Waals surface area contributed by atoms with E-state index in [2.05, 4.69) is 15.9 Å². The highest BCUT2D eigenvalue weighted by molar-refractivity contribution is 9.10. The van der Waals surface area contributed by atoms with Gasteiger partial charge in [0.05, 0.1) is 11.0 Å². The molecule has 0 saturated carbocycles. The second kappa shape index (κ2) is 7.09. The Morgan fingerprint density at radius 3 is 2.90 bits per heavy atom. The van der Waals surface area contributed by atoms with Crippen molar-refractivity contribution >= 4 is 31.6 Å². The molecule has 7 heteroatoms. The van der Waals surface area contributed by atoms with E-state index in [9.17, 15) is 8.42 Å². The molecule has 1 atom stereocenters. The number of halogens is 1. The van der Waals surface area contributed by atoms with Crippen LogP contribution in [0.3, 0.4) is 0 Å². The number of nitrogen functional groups attached to an aromatic ring is 1. The third kappa shape index (κ3) is 3.97. The van der Waals surface area contributed by atoms with Gasteiger partial charge in [-0.3, -0.25) is 0 Å². The van der Waals surface area contributed by atoms with Gasteiger partial charge in [-0.1, -0.05) is 6.92 Å². The Labute approximate surface area is 134 Å². The van der Waals surface area contributed by atoms with Crippen molar-refractivity contribution in [2.24, 2.45) is 0 Å². The fourth-order valence-electron chi connectivity index (χ4n) is 2.38. The molecule has 0 aromatic heterocycles. The summed E-state index contributed by atoms with van der Waals surface area (Å²) in [6.07, 6.45) is 2.65. The number of hydrogen-bond acceptors (Lipinski definition) is 4. The van der Waals surface area contributed by atoms with E-state index in [0.717, 1.165) is 19.3 Å². The lowest BCUT2D eigenvalue weighted by molar-refractivity contribution is 0.0193. The molecule has 118 valence electrons. The van der Waals surface area contributed by atoms with Crippen LogP contribution in [0.4, 0.5) is 5.69 Å². The second-order valence-electron chi connectivity index (χ2n) is 5.18. The summed E-state index contributed by atoms with van der Waals surface area (Å²) in [7, 11) is -3.51. The molecule has 0 spiro atoms. The highest BCUT2D eigenvalue weighted by Gasteiger charge is 2.30. The number of hydrogen-bond donors (Lipinski definition) is 1. The molecule has 1 saturated heterocycles. The summed E-state index contributed by atoms with van der Waals surface area (Å²) in [6, 6.07) is 4.74. The minimum Gasteiger partial charge on any atom is -0.398 e. The first kappa shape index (κ1) is 16.7. The van der Waals surface area contributed by atoms with Crippen LogP contribution < -0.4 is 5.73 Å². The zero-order chi connectivity index (χ0) is 15.5. The van der Waals surface area contributed by atoms with Crippen molar-refractivity contribution in [2.45, 2.75) is 37.2 Å². The Hall–Kier alpha value is -0.630. The fraction of sp³-hybridized carbons (Fsp3) is 0.571. The van der Waals surface area contributed by atoms with Crippen LogP contribution in [0.2, 0.25) is 0 Å². The summed E-state index contributed by atoms with van der Waals surface area (Å²) in [6.45, 7) is 3.66. The van der Waals surface area contributed by atoms with Crippen molar-refractivity contribution in [3.8, 4) is 0 Å². The Morgan fingerprint density at radius 2 is 2.24 bits per heavy atom. The zero-order valence-electron chi connectivity index (χ0n) is 12.1. The first-order chi connectivity index (χ1) is 9.95. The molecule has 1 unspecified atom stereocenters. The predicted octanol–water partition coefficient (Wildman–Crippen LogP) is 2.61. The quantitative estimate of drug-likeness (QED) is 0.801. The molecule has 5 nitrogen and oxygen atoms in total. The smallest absolute Gasteiger partial charge is 0.243 e. The Kier molecular flexibility index (Phi) is 5.65. The molecule has 2 N–H and O–H groups in total. The summed E-state index contributed by atoms with van der Waals surface area (Å²) in [5.41, 5.74) is 6.21. The van der Waals surface area contributed by atoms with Crippen LogP contribution in [-0.4, -0.2) is 38.5 Å². The maximum Gasteiger partial charge on any atom is 0.243 e. The molecule has 21 heavy (non-hydrogen) atoms.